The summed E-state index contributed by atoms with van der Waals surface area (Å²) in [5.41, 5.74) is 1.61. The van der Waals surface area contributed by atoms with E-state index in [1.165, 1.54) is 0 Å². The molecule has 0 saturated heterocycles. The zero-order valence-corrected chi connectivity index (χ0v) is 13.8. The molecule has 0 atom stereocenters. The fourth-order valence-corrected chi connectivity index (χ4v) is 2.95. The van der Waals surface area contributed by atoms with E-state index >= 15 is 0 Å². The van der Waals surface area contributed by atoms with Gasteiger partial charge in [0.25, 0.3) is 5.91 Å². The van der Waals surface area contributed by atoms with Gasteiger partial charge in [0.2, 0.25) is 0 Å². The Morgan fingerprint density at radius 3 is 2.78 bits per heavy atom. The highest BCUT2D eigenvalue weighted by atomic mass is 16.1. The molecule has 1 aromatic heterocycles. The minimum atomic E-state index is -0.105. The molecular weight excluding hydrogens is 288 g/mol. The Balaban J connectivity index is 1.61. The first-order chi connectivity index (χ1) is 11.1. The van der Waals surface area contributed by atoms with E-state index in [-0.39, 0.29) is 5.91 Å². The predicted molar refractivity (Wildman–Crippen MR) is 90.0 cm³/mol. The summed E-state index contributed by atoms with van der Waals surface area (Å²) in [6, 6.07) is 9.92. The van der Waals surface area contributed by atoms with Crippen molar-refractivity contribution in [3.8, 4) is 0 Å². The highest BCUT2D eigenvalue weighted by molar-refractivity contribution is 5.92. The molecule has 0 unspecified atom stereocenters. The van der Waals surface area contributed by atoms with Crippen molar-refractivity contribution in [2.75, 3.05) is 13.1 Å². The molecule has 1 aliphatic rings. The number of carbonyl (C=O) groups excluding carboxylic acids is 1. The van der Waals surface area contributed by atoms with E-state index in [4.69, 9.17) is 0 Å². The molecule has 0 saturated carbocycles. The van der Waals surface area contributed by atoms with Crippen LogP contribution in [-0.4, -0.2) is 33.4 Å². The number of imidazole rings is 1. The zero-order chi connectivity index (χ0) is 16.2. The summed E-state index contributed by atoms with van der Waals surface area (Å²) in [5, 5.41) is 2.94. The molecule has 122 valence electrons. The molecule has 2 heterocycles. The Morgan fingerprint density at radius 1 is 1.26 bits per heavy atom. The van der Waals surface area contributed by atoms with E-state index in [1.807, 2.05) is 36.5 Å². The quantitative estimate of drug-likeness (QED) is 0.921. The van der Waals surface area contributed by atoms with Crippen molar-refractivity contribution in [2.45, 2.75) is 33.5 Å². The smallest absolute Gasteiger partial charge is 0.271 e. The summed E-state index contributed by atoms with van der Waals surface area (Å²) in [7, 11) is 0. The Morgan fingerprint density at radius 2 is 2.04 bits per heavy atom. The van der Waals surface area contributed by atoms with E-state index in [9.17, 15) is 4.79 Å². The molecule has 0 spiro atoms. The number of aromatic nitrogens is 2. The first-order valence-electron chi connectivity index (χ1n) is 8.22. The number of fused-ring (bicyclic) bond motifs is 1. The summed E-state index contributed by atoms with van der Waals surface area (Å²) in [4.78, 5) is 19.2. The van der Waals surface area contributed by atoms with Crippen LogP contribution in [0.15, 0.2) is 36.5 Å². The second-order valence-corrected chi connectivity index (χ2v) is 6.53. The standard InChI is InChI=1S/C18H24N4O/c1-14(2)11-21-8-9-22-12-16(20-17(22)13-21)18(23)19-10-15-6-4-3-5-7-15/h3-7,12,14H,8-11,13H2,1-2H3,(H,19,23). The summed E-state index contributed by atoms with van der Waals surface area (Å²) >= 11 is 0. The highest BCUT2D eigenvalue weighted by Gasteiger charge is 2.21. The lowest BCUT2D eigenvalue weighted by Gasteiger charge is -2.28. The fraction of sp³-hybridized carbons (Fsp3) is 0.444. The van der Waals surface area contributed by atoms with Gasteiger partial charge in [-0.1, -0.05) is 44.2 Å². The Bertz CT molecular complexity index is 663. The van der Waals surface area contributed by atoms with Crippen molar-refractivity contribution in [1.29, 1.82) is 0 Å². The molecular formula is C18H24N4O. The molecule has 1 N–H and O–H groups in total. The third-order valence-electron chi connectivity index (χ3n) is 4.03. The maximum absolute atomic E-state index is 12.3. The molecule has 5 heteroatoms. The predicted octanol–water partition coefficient (Wildman–Crippen LogP) is 2.28. The van der Waals surface area contributed by atoms with E-state index < -0.39 is 0 Å². The average Bonchev–Trinajstić information content (AvgIpc) is 2.96. The second-order valence-electron chi connectivity index (χ2n) is 6.53. The molecule has 3 rings (SSSR count). The van der Waals surface area contributed by atoms with Gasteiger partial charge in [0.1, 0.15) is 11.5 Å². The topological polar surface area (TPSA) is 50.2 Å². The summed E-state index contributed by atoms with van der Waals surface area (Å²) in [6.45, 7) is 8.80. The fourth-order valence-electron chi connectivity index (χ4n) is 2.95. The van der Waals surface area contributed by atoms with Gasteiger partial charge in [-0.05, 0) is 11.5 Å². The SMILES string of the molecule is CC(C)CN1CCn2cc(C(=O)NCc3ccccc3)nc2C1. The van der Waals surface area contributed by atoms with Crippen molar-refractivity contribution in [2.24, 2.45) is 5.92 Å². The molecule has 2 aromatic rings. The van der Waals surface area contributed by atoms with Crippen molar-refractivity contribution in [3.05, 3.63) is 53.6 Å². The van der Waals surface area contributed by atoms with Crippen LogP contribution in [0.5, 0.6) is 0 Å². The average molecular weight is 312 g/mol. The molecule has 0 aliphatic carbocycles. The summed E-state index contributed by atoms with van der Waals surface area (Å²) in [5.74, 6) is 1.53. The molecule has 1 amide bonds. The number of carbonyl (C=O) groups is 1. The largest absolute Gasteiger partial charge is 0.347 e. The number of hydrogen-bond acceptors (Lipinski definition) is 3. The maximum Gasteiger partial charge on any atom is 0.271 e. The third kappa shape index (κ3) is 3.99. The van der Waals surface area contributed by atoms with Gasteiger partial charge >= 0.3 is 0 Å². The van der Waals surface area contributed by atoms with Gasteiger partial charge in [-0.3, -0.25) is 9.69 Å². The van der Waals surface area contributed by atoms with Gasteiger partial charge in [-0.25, -0.2) is 4.98 Å². The lowest BCUT2D eigenvalue weighted by Crippen LogP contribution is -2.35. The van der Waals surface area contributed by atoms with Gasteiger partial charge in [-0.2, -0.15) is 0 Å². The number of amides is 1. The summed E-state index contributed by atoms with van der Waals surface area (Å²) < 4.78 is 2.11. The molecule has 23 heavy (non-hydrogen) atoms. The van der Waals surface area contributed by atoms with Crippen LogP contribution in [0.4, 0.5) is 0 Å². The number of benzene rings is 1. The van der Waals surface area contributed by atoms with Crippen molar-refractivity contribution in [1.82, 2.24) is 19.8 Å². The minimum Gasteiger partial charge on any atom is -0.347 e. The van der Waals surface area contributed by atoms with Crippen LogP contribution in [0.1, 0.15) is 35.7 Å². The van der Waals surface area contributed by atoms with Crippen molar-refractivity contribution >= 4 is 5.91 Å². The lowest BCUT2D eigenvalue weighted by atomic mass is 10.2. The van der Waals surface area contributed by atoms with Gasteiger partial charge in [-0.15, -0.1) is 0 Å². The Kier molecular flexibility index (Phi) is 4.76. The molecule has 0 bridgehead atoms. The molecule has 0 radical (unpaired) electrons. The number of nitrogens with zero attached hydrogens (tertiary/aromatic N) is 3. The molecule has 1 aliphatic heterocycles. The normalized spacial score (nSPS) is 14.7. The molecule has 0 fully saturated rings. The van der Waals surface area contributed by atoms with Crippen LogP contribution < -0.4 is 5.32 Å². The molecule has 1 aromatic carbocycles. The van der Waals surface area contributed by atoms with Crippen LogP contribution in [0.25, 0.3) is 0 Å². The lowest BCUT2D eigenvalue weighted by molar-refractivity contribution is 0.0946. The van der Waals surface area contributed by atoms with Crippen LogP contribution in [0.2, 0.25) is 0 Å². The number of nitrogens with one attached hydrogen (secondary N) is 1. The number of rotatable bonds is 5. The van der Waals surface area contributed by atoms with Crippen molar-refractivity contribution < 1.29 is 4.79 Å². The Hall–Kier alpha value is -2.14. The maximum atomic E-state index is 12.3. The van der Waals surface area contributed by atoms with E-state index in [0.29, 0.717) is 18.2 Å². The van der Waals surface area contributed by atoms with Crippen molar-refractivity contribution in [3.63, 3.8) is 0 Å². The number of hydrogen-bond donors (Lipinski definition) is 1. The first kappa shape index (κ1) is 15.7. The summed E-state index contributed by atoms with van der Waals surface area (Å²) in [6.07, 6.45) is 1.88. The van der Waals surface area contributed by atoms with Gasteiger partial charge in [0.05, 0.1) is 6.54 Å². The second kappa shape index (κ2) is 6.96. The molecule has 5 nitrogen and oxygen atoms in total. The van der Waals surface area contributed by atoms with Crippen LogP contribution in [0, 0.1) is 5.92 Å². The first-order valence-corrected chi connectivity index (χ1v) is 8.22. The van der Waals surface area contributed by atoms with Crippen LogP contribution in [0.3, 0.4) is 0 Å². The minimum absolute atomic E-state index is 0.105. The zero-order valence-electron chi connectivity index (χ0n) is 13.8. The van der Waals surface area contributed by atoms with Crippen LogP contribution in [-0.2, 0) is 19.6 Å². The van der Waals surface area contributed by atoms with Gasteiger partial charge in [0, 0.05) is 32.4 Å². The van der Waals surface area contributed by atoms with E-state index in [2.05, 4.69) is 33.6 Å². The van der Waals surface area contributed by atoms with Gasteiger partial charge < -0.3 is 9.88 Å². The van der Waals surface area contributed by atoms with Crippen LogP contribution >= 0.6 is 0 Å². The monoisotopic (exact) mass is 312 g/mol. The van der Waals surface area contributed by atoms with E-state index in [1.54, 1.807) is 0 Å². The Labute approximate surface area is 137 Å². The van der Waals surface area contributed by atoms with E-state index in [0.717, 1.165) is 37.6 Å². The third-order valence-corrected chi connectivity index (χ3v) is 4.03. The van der Waals surface area contributed by atoms with Gasteiger partial charge in [0.15, 0.2) is 0 Å². The highest BCUT2D eigenvalue weighted by Crippen LogP contribution is 2.14.